The van der Waals surface area contributed by atoms with Crippen LogP contribution in [-0.4, -0.2) is 24.1 Å². The Labute approximate surface area is 345 Å². The van der Waals surface area contributed by atoms with Gasteiger partial charge in [0.1, 0.15) is 11.2 Å². The van der Waals surface area contributed by atoms with Crippen molar-refractivity contribution < 1.29 is 17.6 Å². The molecule has 0 atom stereocenters. The van der Waals surface area contributed by atoms with E-state index in [0.717, 1.165) is 44.3 Å². The van der Waals surface area contributed by atoms with Crippen molar-refractivity contribution in [2.45, 2.75) is 6.18 Å². The molecule has 0 saturated heterocycles. The first-order valence-corrected chi connectivity index (χ1v) is 19.9. The first-order valence-electron chi connectivity index (χ1n) is 19.9. The van der Waals surface area contributed by atoms with Crippen molar-refractivity contribution in [3.05, 3.63) is 188 Å². The maximum atomic E-state index is 16.2. The van der Waals surface area contributed by atoms with Gasteiger partial charge in [-0.15, -0.1) is 0 Å². The van der Waals surface area contributed by atoms with Gasteiger partial charge in [0.15, 0.2) is 17.5 Å². The lowest BCUT2D eigenvalue weighted by Crippen LogP contribution is -2.12. The molecule has 0 aliphatic rings. The molecule has 0 fully saturated rings. The molecule has 0 amide bonds. The predicted octanol–water partition coefficient (Wildman–Crippen LogP) is 14.0. The number of benzene rings is 8. The Bertz CT molecular complexity index is 3630. The summed E-state index contributed by atoms with van der Waals surface area (Å²) in [7, 11) is 0. The summed E-state index contributed by atoms with van der Waals surface area (Å²) in [6, 6.07) is 57.1. The number of halogens is 3. The number of furan rings is 1. The number of para-hydroxylation sites is 4. The number of aromatic nitrogens is 5. The highest BCUT2D eigenvalue weighted by atomic mass is 19.4. The van der Waals surface area contributed by atoms with Gasteiger partial charge in [0.05, 0.1) is 44.3 Å². The van der Waals surface area contributed by atoms with Crippen LogP contribution in [0.2, 0.25) is 0 Å². The van der Waals surface area contributed by atoms with Crippen molar-refractivity contribution in [2.75, 3.05) is 0 Å². The molecule has 4 aromatic heterocycles. The minimum atomic E-state index is -4.82. The average Bonchev–Trinajstić information content (AvgIpc) is 3.97. The number of hydrogen-bond acceptors (Lipinski definition) is 4. The molecule has 6 nitrogen and oxygen atoms in total. The quantitative estimate of drug-likeness (QED) is 0.174. The number of alkyl halides is 3. The summed E-state index contributed by atoms with van der Waals surface area (Å²) in [6.07, 6.45) is -4.82. The average molecular weight is 798 g/mol. The lowest BCUT2D eigenvalue weighted by atomic mass is 9.99. The second-order valence-electron chi connectivity index (χ2n) is 15.1. The van der Waals surface area contributed by atoms with Crippen LogP contribution in [0.25, 0.3) is 111 Å². The Hall–Kier alpha value is -8.04. The summed E-state index contributed by atoms with van der Waals surface area (Å²) >= 11 is 0. The van der Waals surface area contributed by atoms with Crippen molar-refractivity contribution >= 4 is 65.6 Å². The van der Waals surface area contributed by atoms with Crippen LogP contribution in [0.15, 0.2) is 186 Å². The summed E-state index contributed by atoms with van der Waals surface area (Å²) in [6.45, 7) is 0. The van der Waals surface area contributed by atoms with Gasteiger partial charge >= 0.3 is 6.18 Å². The lowest BCUT2D eigenvalue weighted by molar-refractivity contribution is -0.137. The van der Waals surface area contributed by atoms with Crippen molar-refractivity contribution in [3.63, 3.8) is 0 Å². The van der Waals surface area contributed by atoms with Gasteiger partial charge in [-0.05, 0) is 48.5 Å². The number of nitrogens with zero attached hydrogens (tertiary/aromatic N) is 5. The first kappa shape index (κ1) is 35.0. The molecule has 0 radical (unpaired) electrons. The van der Waals surface area contributed by atoms with Crippen LogP contribution in [0.1, 0.15) is 5.56 Å². The van der Waals surface area contributed by atoms with E-state index in [9.17, 15) is 0 Å². The Morgan fingerprint density at radius 1 is 0.426 bits per heavy atom. The molecule has 0 bridgehead atoms. The molecular formula is C52H30F3N5O. The van der Waals surface area contributed by atoms with Crippen LogP contribution in [0.3, 0.4) is 0 Å². The van der Waals surface area contributed by atoms with Gasteiger partial charge in [0, 0.05) is 43.7 Å². The fourth-order valence-electron chi connectivity index (χ4n) is 9.04. The summed E-state index contributed by atoms with van der Waals surface area (Å²) in [5, 5.41) is 4.48. The third-order valence-corrected chi connectivity index (χ3v) is 11.6. The number of fused-ring (bicyclic) bond motifs is 10. The number of hydrogen-bond donors (Lipinski definition) is 0. The maximum absolute atomic E-state index is 16.2. The van der Waals surface area contributed by atoms with E-state index in [1.807, 2.05) is 146 Å². The van der Waals surface area contributed by atoms with E-state index in [2.05, 4.69) is 28.8 Å². The fourth-order valence-corrected chi connectivity index (χ4v) is 9.04. The van der Waals surface area contributed by atoms with Crippen LogP contribution in [0, 0.1) is 0 Å². The van der Waals surface area contributed by atoms with E-state index in [4.69, 9.17) is 19.4 Å². The maximum Gasteiger partial charge on any atom is 0.418 e. The smallest absolute Gasteiger partial charge is 0.418 e. The zero-order chi connectivity index (χ0) is 40.8. The zero-order valence-corrected chi connectivity index (χ0v) is 32.1. The van der Waals surface area contributed by atoms with Crippen LogP contribution in [0.4, 0.5) is 13.2 Å². The van der Waals surface area contributed by atoms with Gasteiger partial charge in [-0.25, -0.2) is 15.0 Å². The Kier molecular flexibility index (Phi) is 7.59. The minimum absolute atomic E-state index is 0.0332. The van der Waals surface area contributed by atoms with E-state index in [0.29, 0.717) is 50.2 Å². The molecule has 4 heterocycles. The molecule has 61 heavy (non-hydrogen) atoms. The summed E-state index contributed by atoms with van der Waals surface area (Å²) in [5.41, 5.74) is 5.49. The van der Waals surface area contributed by atoms with Crippen LogP contribution < -0.4 is 0 Å². The second-order valence-corrected chi connectivity index (χ2v) is 15.1. The molecule has 290 valence electrons. The van der Waals surface area contributed by atoms with Gasteiger partial charge in [-0.1, -0.05) is 133 Å². The van der Waals surface area contributed by atoms with E-state index in [-0.39, 0.29) is 22.7 Å². The molecule has 8 aromatic carbocycles. The monoisotopic (exact) mass is 797 g/mol. The Morgan fingerprint density at radius 3 is 1.49 bits per heavy atom. The summed E-state index contributed by atoms with van der Waals surface area (Å²) in [5.74, 6) is 0.714. The zero-order valence-electron chi connectivity index (χ0n) is 32.1. The van der Waals surface area contributed by atoms with Gasteiger partial charge in [-0.3, -0.25) is 0 Å². The van der Waals surface area contributed by atoms with Gasteiger partial charge in [-0.2, -0.15) is 13.2 Å². The SMILES string of the molecule is FC(F)(F)c1cc(-c2nc(-c3ccccc3)nc(-c3ccccc3)n2)c2oc3ccccc3c2c1-n1c2ccccc2c2c3c4ccccc4n(-c4ccccc4)c3ccc21. The third kappa shape index (κ3) is 5.33. The Morgan fingerprint density at radius 2 is 0.902 bits per heavy atom. The topological polar surface area (TPSA) is 61.7 Å². The van der Waals surface area contributed by atoms with Crippen molar-refractivity contribution in [1.82, 2.24) is 24.1 Å². The van der Waals surface area contributed by atoms with Crippen molar-refractivity contribution in [2.24, 2.45) is 0 Å². The minimum Gasteiger partial charge on any atom is -0.455 e. The van der Waals surface area contributed by atoms with E-state index < -0.39 is 11.7 Å². The third-order valence-electron chi connectivity index (χ3n) is 11.6. The standard InChI is InChI=1S/C52H30F3N5O/c53-52(54,55)38-30-37(51-57-49(31-16-4-1-5-17-31)56-50(58-51)32-18-6-2-7-19-32)48-46(36-24-12-15-27-43(36)61-48)47(38)60-40-26-14-11-23-35(40)45-42(60)29-28-41-44(45)34-22-10-13-25-39(34)59(41)33-20-8-3-9-21-33/h1-30H. The highest BCUT2D eigenvalue weighted by molar-refractivity contribution is 6.29. The van der Waals surface area contributed by atoms with E-state index in [1.54, 1.807) is 10.6 Å². The van der Waals surface area contributed by atoms with Crippen LogP contribution in [-0.2, 0) is 6.18 Å². The van der Waals surface area contributed by atoms with E-state index in [1.165, 1.54) is 0 Å². The Balaban J connectivity index is 1.23. The van der Waals surface area contributed by atoms with Crippen molar-refractivity contribution in [3.8, 4) is 45.5 Å². The van der Waals surface area contributed by atoms with E-state index >= 15 is 13.2 Å². The highest BCUT2D eigenvalue weighted by Crippen LogP contribution is 2.49. The molecule has 0 unspecified atom stereocenters. The van der Waals surface area contributed by atoms with Gasteiger partial charge < -0.3 is 13.6 Å². The summed E-state index contributed by atoms with van der Waals surface area (Å²) in [4.78, 5) is 14.5. The first-order chi connectivity index (χ1) is 29.9. The van der Waals surface area contributed by atoms with Gasteiger partial charge in [0.2, 0.25) is 0 Å². The molecule has 0 N–H and O–H groups in total. The van der Waals surface area contributed by atoms with Gasteiger partial charge in [0.25, 0.3) is 0 Å². The second kappa shape index (κ2) is 13.2. The lowest BCUT2D eigenvalue weighted by Gasteiger charge is -2.19. The summed E-state index contributed by atoms with van der Waals surface area (Å²) < 4.78 is 59.3. The number of rotatable bonds is 5. The molecule has 0 spiro atoms. The molecule has 0 aliphatic carbocycles. The molecule has 12 rings (SSSR count). The molecule has 9 heteroatoms. The molecular weight excluding hydrogens is 768 g/mol. The molecule has 0 saturated carbocycles. The van der Waals surface area contributed by atoms with Crippen LogP contribution >= 0.6 is 0 Å². The predicted molar refractivity (Wildman–Crippen MR) is 237 cm³/mol. The highest BCUT2D eigenvalue weighted by Gasteiger charge is 2.39. The largest absolute Gasteiger partial charge is 0.455 e. The normalized spacial score (nSPS) is 12.2. The fraction of sp³-hybridized carbons (Fsp3) is 0.0192. The van der Waals surface area contributed by atoms with Crippen molar-refractivity contribution in [1.29, 1.82) is 0 Å². The molecule has 12 aromatic rings. The van der Waals surface area contributed by atoms with Crippen LogP contribution in [0.5, 0.6) is 0 Å². The molecule has 0 aliphatic heterocycles.